The SMILES string of the molecule is CCNC(=NCc1cccc(OCCN(C)C)c1)NCC1(C)CCCO1.I. The average Bonchev–Trinajstić information content (AvgIpc) is 3.04. The molecular weight excluding hydrogens is 455 g/mol. The molecule has 1 aromatic carbocycles. The first-order chi connectivity index (χ1) is 12.5. The highest BCUT2D eigenvalue weighted by Crippen LogP contribution is 2.23. The molecule has 0 saturated carbocycles. The van der Waals surface area contributed by atoms with E-state index in [9.17, 15) is 0 Å². The molecule has 1 atom stereocenters. The summed E-state index contributed by atoms with van der Waals surface area (Å²) in [5.74, 6) is 1.72. The molecule has 0 bridgehead atoms. The van der Waals surface area contributed by atoms with Crippen LogP contribution >= 0.6 is 24.0 Å². The van der Waals surface area contributed by atoms with Gasteiger partial charge in [0.25, 0.3) is 0 Å². The van der Waals surface area contributed by atoms with Crippen molar-refractivity contribution in [3.05, 3.63) is 29.8 Å². The van der Waals surface area contributed by atoms with Gasteiger partial charge in [0.1, 0.15) is 12.4 Å². The third kappa shape index (κ3) is 9.12. The second-order valence-electron chi connectivity index (χ2n) is 7.25. The zero-order chi connectivity index (χ0) is 18.8. The molecule has 1 aliphatic heterocycles. The quantitative estimate of drug-likeness (QED) is 0.317. The normalized spacial score (nSPS) is 19.7. The van der Waals surface area contributed by atoms with E-state index < -0.39 is 0 Å². The molecule has 0 spiro atoms. The van der Waals surface area contributed by atoms with Crippen LogP contribution < -0.4 is 15.4 Å². The van der Waals surface area contributed by atoms with Crippen LogP contribution in [0.3, 0.4) is 0 Å². The van der Waals surface area contributed by atoms with Gasteiger partial charge in [0.15, 0.2) is 5.96 Å². The summed E-state index contributed by atoms with van der Waals surface area (Å²) in [5.41, 5.74) is 1.05. The monoisotopic (exact) mass is 490 g/mol. The van der Waals surface area contributed by atoms with Gasteiger partial charge in [0, 0.05) is 26.2 Å². The van der Waals surface area contributed by atoms with Crippen LogP contribution in [-0.2, 0) is 11.3 Å². The Bertz CT molecular complexity index is 575. The molecule has 1 heterocycles. The topological polar surface area (TPSA) is 58.1 Å². The number of halogens is 1. The van der Waals surface area contributed by atoms with Gasteiger partial charge in [0.2, 0.25) is 0 Å². The van der Waals surface area contributed by atoms with Crippen molar-refractivity contribution in [2.24, 2.45) is 4.99 Å². The molecule has 1 fully saturated rings. The second-order valence-corrected chi connectivity index (χ2v) is 7.25. The van der Waals surface area contributed by atoms with Crippen LogP contribution in [0, 0.1) is 0 Å². The number of likely N-dealkylation sites (N-methyl/N-ethyl adjacent to an activating group) is 1. The maximum absolute atomic E-state index is 5.84. The van der Waals surface area contributed by atoms with E-state index in [1.165, 1.54) is 0 Å². The van der Waals surface area contributed by atoms with Crippen LogP contribution in [0.1, 0.15) is 32.3 Å². The minimum absolute atomic E-state index is 0. The molecule has 0 amide bonds. The molecule has 1 unspecified atom stereocenters. The van der Waals surface area contributed by atoms with Crippen LogP contribution in [0.25, 0.3) is 0 Å². The molecule has 1 aromatic rings. The Labute approximate surface area is 181 Å². The lowest BCUT2D eigenvalue weighted by Crippen LogP contribution is -2.45. The fourth-order valence-electron chi connectivity index (χ4n) is 2.84. The average molecular weight is 490 g/mol. The highest BCUT2D eigenvalue weighted by Gasteiger charge is 2.29. The van der Waals surface area contributed by atoms with Gasteiger partial charge in [0.05, 0.1) is 12.1 Å². The molecule has 0 aromatic heterocycles. The van der Waals surface area contributed by atoms with Crippen molar-refractivity contribution in [1.82, 2.24) is 15.5 Å². The minimum atomic E-state index is -0.0869. The van der Waals surface area contributed by atoms with Gasteiger partial charge in [-0.1, -0.05) is 12.1 Å². The Balaban J connectivity index is 0.00000364. The number of hydrogen-bond acceptors (Lipinski definition) is 4. The van der Waals surface area contributed by atoms with Crippen molar-refractivity contribution in [3.8, 4) is 5.75 Å². The zero-order valence-corrected chi connectivity index (χ0v) is 19.4. The molecule has 2 N–H and O–H groups in total. The maximum Gasteiger partial charge on any atom is 0.191 e. The van der Waals surface area contributed by atoms with E-state index in [0.717, 1.165) is 56.4 Å². The summed E-state index contributed by atoms with van der Waals surface area (Å²) < 4.78 is 11.6. The summed E-state index contributed by atoms with van der Waals surface area (Å²) in [6, 6.07) is 8.14. The number of nitrogens with one attached hydrogen (secondary N) is 2. The van der Waals surface area contributed by atoms with Gasteiger partial charge in [-0.2, -0.15) is 0 Å². The molecular formula is C20H35IN4O2. The Kier molecular flexibility index (Phi) is 11.0. The molecule has 27 heavy (non-hydrogen) atoms. The van der Waals surface area contributed by atoms with E-state index in [-0.39, 0.29) is 29.6 Å². The summed E-state index contributed by atoms with van der Waals surface area (Å²) in [6.07, 6.45) is 2.22. The second kappa shape index (κ2) is 12.4. The smallest absolute Gasteiger partial charge is 0.191 e. The molecule has 1 aliphatic rings. The van der Waals surface area contributed by atoms with Crippen molar-refractivity contribution in [2.45, 2.75) is 38.8 Å². The van der Waals surface area contributed by atoms with Crippen LogP contribution in [-0.4, -0.2) is 63.4 Å². The Morgan fingerprint density at radius 1 is 1.33 bits per heavy atom. The molecule has 2 rings (SSSR count). The van der Waals surface area contributed by atoms with Gasteiger partial charge in [-0.3, -0.25) is 0 Å². The van der Waals surface area contributed by atoms with Crippen LogP contribution in [0.5, 0.6) is 5.75 Å². The first kappa shape index (κ1) is 24.0. The number of ether oxygens (including phenoxy) is 2. The van der Waals surface area contributed by atoms with E-state index >= 15 is 0 Å². The minimum Gasteiger partial charge on any atom is -0.492 e. The third-order valence-corrected chi connectivity index (χ3v) is 4.40. The lowest BCUT2D eigenvalue weighted by Gasteiger charge is -2.24. The standard InChI is InChI=1S/C20H34N4O2.HI/c1-5-21-19(23-16-20(2)10-7-12-26-20)22-15-17-8-6-9-18(14-17)25-13-11-24(3)4;/h6,8-9,14H,5,7,10-13,15-16H2,1-4H3,(H2,21,22,23);1H. The van der Waals surface area contributed by atoms with E-state index in [1.54, 1.807) is 0 Å². The van der Waals surface area contributed by atoms with Crippen LogP contribution in [0.15, 0.2) is 29.3 Å². The summed E-state index contributed by atoms with van der Waals surface area (Å²) in [4.78, 5) is 6.81. The first-order valence-electron chi connectivity index (χ1n) is 9.53. The van der Waals surface area contributed by atoms with E-state index in [2.05, 4.69) is 41.5 Å². The van der Waals surface area contributed by atoms with Crippen molar-refractivity contribution in [2.75, 3.05) is 46.9 Å². The molecule has 6 nitrogen and oxygen atoms in total. The maximum atomic E-state index is 5.84. The Morgan fingerprint density at radius 3 is 2.81 bits per heavy atom. The summed E-state index contributed by atoms with van der Waals surface area (Å²) in [5, 5.41) is 6.71. The van der Waals surface area contributed by atoms with Crippen molar-refractivity contribution in [3.63, 3.8) is 0 Å². The molecule has 1 saturated heterocycles. The number of nitrogens with zero attached hydrogens (tertiary/aromatic N) is 2. The predicted molar refractivity (Wildman–Crippen MR) is 122 cm³/mol. The van der Waals surface area contributed by atoms with E-state index in [1.807, 2.05) is 26.2 Å². The number of hydrogen-bond donors (Lipinski definition) is 2. The van der Waals surface area contributed by atoms with Gasteiger partial charge >= 0.3 is 0 Å². The molecule has 7 heteroatoms. The predicted octanol–water partition coefficient (Wildman–Crippen LogP) is 2.87. The molecule has 154 valence electrons. The van der Waals surface area contributed by atoms with Crippen LogP contribution in [0.2, 0.25) is 0 Å². The third-order valence-electron chi connectivity index (χ3n) is 4.40. The van der Waals surface area contributed by atoms with Gasteiger partial charge in [-0.15, -0.1) is 24.0 Å². The van der Waals surface area contributed by atoms with Gasteiger partial charge < -0.3 is 25.0 Å². The summed E-state index contributed by atoms with van der Waals surface area (Å²) >= 11 is 0. The number of aliphatic imine (C=N–C) groups is 1. The molecule has 0 aliphatic carbocycles. The number of rotatable bonds is 9. The highest BCUT2D eigenvalue weighted by atomic mass is 127. The van der Waals surface area contributed by atoms with Crippen LogP contribution in [0.4, 0.5) is 0 Å². The number of benzene rings is 1. The van der Waals surface area contributed by atoms with Crippen molar-refractivity contribution < 1.29 is 9.47 Å². The fraction of sp³-hybridized carbons (Fsp3) is 0.650. The zero-order valence-electron chi connectivity index (χ0n) is 17.1. The number of guanidine groups is 1. The Morgan fingerprint density at radius 2 is 2.15 bits per heavy atom. The summed E-state index contributed by atoms with van der Waals surface area (Å²) in [7, 11) is 4.08. The lowest BCUT2D eigenvalue weighted by atomic mass is 10.0. The fourth-order valence-corrected chi connectivity index (χ4v) is 2.84. The van der Waals surface area contributed by atoms with Crippen molar-refractivity contribution >= 4 is 29.9 Å². The lowest BCUT2D eigenvalue weighted by molar-refractivity contribution is 0.0243. The highest BCUT2D eigenvalue weighted by molar-refractivity contribution is 14.0. The van der Waals surface area contributed by atoms with Crippen molar-refractivity contribution in [1.29, 1.82) is 0 Å². The Hall–Kier alpha value is -1.06. The molecule has 0 radical (unpaired) electrons. The van der Waals surface area contributed by atoms with E-state index in [4.69, 9.17) is 14.5 Å². The largest absolute Gasteiger partial charge is 0.492 e. The summed E-state index contributed by atoms with van der Waals surface area (Å²) in [6.45, 7) is 8.88. The first-order valence-corrected chi connectivity index (χ1v) is 9.53. The van der Waals surface area contributed by atoms with E-state index in [0.29, 0.717) is 13.2 Å². The van der Waals surface area contributed by atoms with Gasteiger partial charge in [-0.05, 0) is 58.5 Å². The van der Waals surface area contributed by atoms with Gasteiger partial charge in [-0.25, -0.2) is 4.99 Å².